The highest BCUT2D eigenvalue weighted by molar-refractivity contribution is 8.00. The van der Waals surface area contributed by atoms with Gasteiger partial charge in [-0.3, -0.25) is 14.4 Å². The van der Waals surface area contributed by atoms with Crippen molar-refractivity contribution in [3.8, 4) is 0 Å². The summed E-state index contributed by atoms with van der Waals surface area (Å²) in [6.45, 7) is 6.01. The van der Waals surface area contributed by atoms with E-state index in [-0.39, 0.29) is 61.2 Å². The van der Waals surface area contributed by atoms with Crippen molar-refractivity contribution in [1.82, 2.24) is 41.9 Å². The van der Waals surface area contributed by atoms with Crippen LogP contribution in [0.5, 0.6) is 0 Å². The molecule has 4 rings (SSSR count). The molecule has 0 radical (unpaired) electrons. The lowest BCUT2D eigenvalue weighted by Gasteiger charge is -2.27. The number of ether oxygens (including phenoxy) is 1. The van der Waals surface area contributed by atoms with Crippen LogP contribution in [-0.2, 0) is 20.0 Å². The molecule has 6 N–H and O–H groups in total. The monoisotopic (exact) mass is 756 g/mol. The normalized spacial score (nSPS) is 20.9. The number of alkyl halides is 3. The molecule has 1 aromatic rings. The molecule has 0 spiro atoms. The standard InChI is InChI=1S/C34H51F3N8O6S/c1-32(2,3)51-31(50)38-17-9-8-10-23(39-28(47)21-13-15-22(16-14-21)33(42-43-33)34(35,36)37)29(48)45(5)19-18-44(4)26(46)12-7-6-11-25-27-24(20-52-25)40-30(49)41-27/h13-16,23-25,27,42-43H,6-12,17-20H2,1-5H3,(H,38,50)(H,39,47)(H2,40,41,49)/t23-,24+,25+,27+/m0/s1. The van der Waals surface area contributed by atoms with Crippen LogP contribution in [0.2, 0.25) is 0 Å². The summed E-state index contributed by atoms with van der Waals surface area (Å²) in [4.78, 5) is 66.3. The molecule has 4 atom stereocenters. The number of unbranched alkanes of at least 4 members (excludes halogenated alkanes) is 2. The Morgan fingerprint density at radius 1 is 0.981 bits per heavy atom. The number of hydrogen-bond acceptors (Lipinski definition) is 9. The van der Waals surface area contributed by atoms with Crippen molar-refractivity contribution in [3.05, 3.63) is 35.4 Å². The van der Waals surface area contributed by atoms with E-state index >= 15 is 0 Å². The first-order chi connectivity index (χ1) is 24.4. The molecule has 0 aromatic heterocycles. The fraction of sp³-hybridized carbons (Fsp3) is 0.676. The molecule has 3 aliphatic heterocycles. The van der Waals surface area contributed by atoms with Crippen molar-refractivity contribution >= 4 is 41.6 Å². The zero-order valence-corrected chi connectivity index (χ0v) is 31.1. The molecule has 14 nitrogen and oxygen atoms in total. The minimum atomic E-state index is -4.59. The molecule has 0 saturated carbocycles. The van der Waals surface area contributed by atoms with Gasteiger partial charge >= 0.3 is 18.3 Å². The minimum absolute atomic E-state index is 0.0525. The fourth-order valence-corrected chi connectivity index (χ4v) is 7.66. The largest absolute Gasteiger partial charge is 0.444 e. The number of hydrazine groups is 1. The second-order valence-electron chi connectivity index (χ2n) is 14.5. The number of rotatable bonds is 17. The van der Waals surface area contributed by atoms with Crippen molar-refractivity contribution in [3.63, 3.8) is 0 Å². The lowest BCUT2D eigenvalue weighted by Crippen LogP contribution is -2.49. The molecule has 3 fully saturated rings. The van der Waals surface area contributed by atoms with Crippen LogP contribution in [-0.4, -0.2) is 114 Å². The van der Waals surface area contributed by atoms with Gasteiger partial charge in [0.1, 0.15) is 11.6 Å². The first-order valence-electron chi connectivity index (χ1n) is 17.6. The number of thioether (sulfide) groups is 1. The molecule has 6 amide bonds. The Bertz CT molecular complexity index is 1440. The van der Waals surface area contributed by atoms with E-state index < -0.39 is 41.4 Å². The number of alkyl carbamates (subject to hydrolysis) is 1. The van der Waals surface area contributed by atoms with Crippen LogP contribution in [0.1, 0.15) is 81.6 Å². The van der Waals surface area contributed by atoms with E-state index in [4.69, 9.17) is 4.74 Å². The topological polar surface area (TPSA) is 193 Å². The third-order valence-corrected chi connectivity index (χ3v) is 10.7. The Morgan fingerprint density at radius 3 is 2.29 bits per heavy atom. The highest BCUT2D eigenvalue weighted by Crippen LogP contribution is 2.42. The average molecular weight is 757 g/mol. The molecule has 0 unspecified atom stereocenters. The van der Waals surface area contributed by atoms with E-state index in [0.717, 1.165) is 18.6 Å². The van der Waals surface area contributed by atoms with Crippen LogP contribution in [0.25, 0.3) is 0 Å². The summed E-state index contributed by atoms with van der Waals surface area (Å²) in [6, 6.07) is 4.12. The maximum absolute atomic E-state index is 13.6. The Balaban J connectivity index is 1.26. The van der Waals surface area contributed by atoms with Gasteiger partial charge in [0.25, 0.3) is 5.91 Å². The van der Waals surface area contributed by atoms with Gasteiger partial charge in [-0.1, -0.05) is 18.6 Å². The summed E-state index contributed by atoms with van der Waals surface area (Å²) >= 11 is 1.83. The molecule has 3 saturated heterocycles. The lowest BCUT2D eigenvalue weighted by molar-refractivity contribution is -0.165. The first kappa shape index (κ1) is 41.0. The predicted octanol–water partition coefficient (Wildman–Crippen LogP) is 2.95. The van der Waals surface area contributed by atoms with Gasteiger partial charge in [0.05, 0.1) is 12.1 Å². The Labute approximate surface area is 306 Å². The molecule has 0 bridgehead atoms. The van der Waals surface area contributed by atoms with Gasteiger partial charge in [-0.05, 0) is 70.6 Å². The number of carbonyl (C=O) groups is 5. The van der Waals surface area contributed by atoms with E-state index in [9.17, 15) is 37.1 Å². The maximum atomic E-state index is 13.6. The first-order valence-corrected chi connectivity index (χ1v) is 18.6. The predicted molar refractivity (Wildman–Crippen MR) is 189 cm³/mol. The zero-order chi connectivity index (χ0) is 38.3. The summed E-state index contributed by atoms with van der Waals surface area (Å²) < 4.78 is 45.7. The highest BCUT2D eigenvalue weighted by atomic mass is 32.2. The number of nitrogens with one attached hydrogen (secondary N) is 6. The van der Waals surface area contributed by atoms with E-state index in [2.05, 4.69) is 32.1 Å². The number of likely N-dealkylation sites (N-methyl/N-ethyl adjacent to an activating group) is 2. The third-order valence-electron chi connectivity index (χ3n) is 9.21. The molecule has 3 aliphatic rings. The van der Waals surface area contributed by atoms with Gasteiger partial charge in [-0.25, -0.2) is 20.4 Å². The number of fused-ring (bicyclic) bond motifs is 1. The lowest BCUT2D eigenvalue weighted by atomic mass is 10.0. The van der Waals surface area contributed by atoms with E-state index in [1.807, 2.05) is 11.8 Å². The maximum Gasteiger partial charge on any atom is 0.426 e. The van der Waals surface area contributed by atoms with Gasteiger partial charge in [-0.15, -0.1) is 0 Å². The Hall–Kier alpha value is -3.77. The average Bonchev–Trinajstić information content (AvgIpc) is 3.71. The van der Waals surface area contributed by atoms with E-state index in [1.165, 1.54) is 29.2 Å². The second kappa shape index (κ2) is 17.4. The molecular formula is C34H51F3N8O6S. The van der Waals surface area contributed by atoms with Crippen LogP contribution in [0.15, 0.2) is 24.3 Å². The van der Waals surface area contributed by atoms with Crippen molar-refractivity contribution < 1.29 is 41.9 Å². The summed E-state index contributed by atoms with van der Waals surface area (Å²) in [5.41, 5.74) is 1.20. The van der Waals surface area contributed by atoms with Gasteiger partial charge in [0.2, 0.25) is 17.5 Å². The van der Waals surface area contributed by atoms with Crippen LogP contribution in [0.3, 0.4) is 0 Å². The van der Waals surface area contributed by atoms with Gasteiger partial charge in [0.15, 0.2) is 0 Å². The van der Waals surface area contributed by atoms with E-state index in [0.29, 0.717) is 30.9 Å². The number of halogens is 3. The number of amides is 6. The van der Waals surface area contributed by atoms with Crippen molar-refractivity contribution in [1.29, 1.82) is 0 Å². The number of hydrogen-bond donors (Lipinski definition) is 6. The second-order valence-corrected chi connectivity index (χ2v) is 15.7. The zero-order valence-electron chi connectivity index (χ0n) is 30.3. The molecule has 0 aliphatic carbocycles. The smallest absolute Gasteiger partial charge is 0.426 e. The summed E-state index contributed by atoms with van der Waals surface area (Å²) in [6.07, 6.45) is -1.19. The Kier molecular flexibility index (Phi) is 13.7. The summed E-state index contributed by atoms with van der Waals surface area (Å²) in [5, 5.41) is 11.6. The highest BCUT2D eigenvalue weighted by Gasteiger charge is 2.65. The fourth-order valence-electron chi connectivity index (χ4n) is 6.12. The Morgan fingerprint density at radius 2 is 1.65 bits per heavy atom. The van der Waals surface area contributed by atoms with Crippen molar-refractivity contribution in [2.24, 2.45) is 0 Å². The molecule has 18 heteroatoms. The SMILES string of the molecule is CN(CCN(C)C(=O)[C@H](CCCCNC(=O)OC(C)(C)C)NC(=O)c1ccc(C2(C(F)(F)F)NN2)cc1)C(=O)CCCC[C@H]1SC[C@H]2NC(=O)N[C@H]21. The van der Waals surface area contributed by atoms with Crippen molar-refractivity contribution in [2.75, 3.05) is 39.5 Å². The van der Waals surface area contributed by atoms with Gasteiger partial charge < -0.3 is 35.8 Å². The van der Waals surface area contributed by atoms with E-state index in [1.54, 1.807) is 39.8 Å². The quantitative estimate of drug-likeness (QED) is 0.0788. The van der Waals surface area contributed by atoms with Crippen LogP contribution >= 0.6 is 11.8 Å². The third kappa shape index (κ3) is 11.1. The van der Waals surface area contributed by atoms with Crippen LogP contribution in [0, 0.1) is 0 Å². The summed E-state index contributed by atoms with van der Waals surface area (Å²) in [5.74, 6) is -0.196. The molecular weight excluding hydrogens is 705 g/mol. The molecule has 290 valence electrons. The number of carbonyl (C=O) groups excluding carboxylic acids is 5. The molecule has 3 heterocycles. The number of urea groups is 1. The minimum Gasteiger partial charge on any atom is -0.444 e. The van der Waals surface area contributed by atoms with Gasteiger partial charge in [0, 0.05) is 56.7 Å². The number of nitrogens with zero attached hydrogens (tertiary/aromatic N) is 2. The summed E-state index contributed by atoms with van der Waals surface area (Å²) in [7, 11) is 3.25. The molecule has 1 aromatic carbocycles. The van der Waals surface area contributed by atoms with Crippen LogP contribution in [0.4, 0.5) is 22.8 Å². The van der Waals surface area contributed by atoms with Crippen molar-refractivity contribution in [2.45, 2.75) is 107 Å². The number of benzene rings is 1. The van der Waals surface area contributed by atoms with Crippen LogP contribution < -0.4 is 32.1 Å². The molecule has 52 heavy (non-hydrogen) atoms. The van der Waals surface area contributed by atoms with Gasteiger partial charge in [-0.2, -0.15) is 24.9 Å².